The van der Waals surface area contributed by atoms with Crippen molar-refractivity contribution in [3.8, 4) is 11.5 Å². The zero-order valence-corrected chi connectivity index (χ0v) is 15.2. The Labute approximate surface area is 154 Å². The molecule has 8 nitrogen and oxygen atoms in total. The van der Waals surface area contributed by atoms with Gasteiger partial charge >= 0.3 is 0 Å². The average molecular weight is 380 g/mol. The second kappa shape index (κ2) is 7.25. The van der Waals surface area contributed by atoms with Crippen LogP contribution < -0.4 is 20.1 Å². The molecular formula is C17H18ClN3O5. The van der Waals surface area contributed by atoms with Gasteiger partial charge in [-0.3, -0.25) is 9.59 Å². The summed E-state index contributed by atoms with van der Waals surface area (Å²) in [5.74, 6) is 0.375. The molecule has 1 aliphatic rings. The van der Waals surface area contributed by atoms with Crippen LogP contribution in [0.5, 0.6) is 11.5 Å². The smallest absolute Gasteiger partial charge is 0.229 e. The van der Waals surface area contributed by atoms with E-state index in [0.717, 1.165) is 0 Å². The molecule has 3 rings (SSSR count). The van der Waals surface area contributed by atoms with E-state index in [0.29, 0.717) is 40.2 Å². The third-order valence-corrected chi connectivity index (χ3v) is 4.37. The second-order valence-corrected chi connectivity index (χ2v) is 6.34. The molecule has 2 unspecified atom stereocenters. The number of nitrogens with zero attached hydrogens (tertiary/aromatic N) is 1. The molecule has 2 atom stereocenters. The molecule has 9 heteroatoms. The number of halogens is 1. The first-order chi connectivity index (χ1) is 12.4. The summed E-state index contributed by atoms with van der Waals surface area (Å²) in [6, 6.07) is 4.74. The molecule has 0 saturated heterocycles. The molecule has 0 bridgehead atoms. The largest absolute Gasteiger partial charge is 0.495 e. The summed E-state index contributed by atoms with van der Waals surface area (Å²) in [6.07, 6.45) is 0.460. The monoisotopic (exact) mass is 379 g/mol. The Morgan fingerprint density at radius 1 is 1.12 bits per heavy atom. The Kier molecular flexibility index (Phi) is 5.03. The summed E-state index contributed by atoms with van der Waals surface area (Å²) in [7, 11) is 2.95. The molecule has 1 aliphatic carbocycles. The molecule has 2 aromatic rings. The van der Waals surface area contributed by atoms with Gasteiger partial charge in [0, 0.05) is 18.2 Å². The fourth-order valence-corrected chi connectivity index (χ4v) is 2.83. The fourth-order valence-electron chi connectivity index (χ4n) is 2.60. The van der Waals surface area contributed by atoms with Crippen LogP contribution in [-0.4, -0.2) is 31.2 Å². The number of carbonyl (C=O) groups excluding carboxylic acids is 2. The van der Waals surface area contributed by atoms with E-state index in [4.69, 9.17) is 25.6 Å². The maximum Gasteiger partial charge on any atom is 0.229 e. The van der Waals surface area contributed by atoms with E-state index in [9.17, 15) is 9.59 Å². The Hall–Kier alpha value is -2.74. The minimum atomic E-state index is -0.422. The standard InChI is InChI=1S/C17H18ClN3O5/c1-8-4-15(21-26-8)20-17(23)10-5-9(10)16(22)19-12-7-13(24-2)11(18)6-14(12)25-3/h4,6-7,9-10H,5H2,1-3H3,(H,19,22)(H,20,21,23). The number of anilines is 2. The van der Waals surface area contributed by atoms with E-state index in [1.165, 1.54) is 14.2 Å². The van der Waals surface area contributed by atoms with Gasteiger partial charge in [0.2, 0.25) is 11.8 Å². The van der Waals surface area contributed by atoms with E-state index in [1.54, 1.807) is 25.1 Å². The van der Waals surface area contributed by atoms with E-state index in [1.807, 2.05) is 0 Å². The number of ether oxygens (including phenoxy) is 2. The maximum absolute atomic E-state index is 12.4. The van der Waals surface area contributed by atoms with Crippen LogP contribution in [0.4, 0.5) is 11.5 Å². The number of rotatable bonds is 6. The summed E-state index contributed by atoms with van der Waals surface area (Å²) in [4.78, 5) is 24.6. The van der Waals surface area contributed by atoms with Gasteiger partial charge in [0.15, 0.2) is 5.82 Å². The van der Waals surface area contributed by atoms with Crippen molar-refractivity contribution in [2.24, 2.45) is 11.8 Å². The lowest BCUT2D eigenvalue weighted by atomic mass is 10.2. The topological polar surface area (TPSA) is 103 Å². The van der Waals surface area contributed by atoms with Crippen LogP contribution in [0.25, 0.3) is 0 Å². The predicted octanol–water partition coefficient (Wildman–Crippen LogP) is 2.87. The Balaban J connectivity index is 1.64. The first-order valence-electron chi connectivity index (χ1n) is 7.89. The number of aryl methyl sites for hydroxylation is 1. The molecule has 1 saturated carbocycles. The molecular weight excluding hydrogens is 362 g/mol. The van der Waals surface area contributed by atoms with Crippen molar-refractivity contribution in [3.05, 3.63) is 29.0 Å². The normalized spacial score (nSPS) is 18.2. The number of aromatic nitrogens is 1. The molecule has 1 aromatic heterocycles. The molecule has 1 fully saturated rings. The minimum absolute atomic E-state index is 0.265. The number of amides is 2. The highest BCUT2D eigenvalue weighted by molar-refractivity contribution is 6.32. The first-order valence-corrected chi connectivity index (χ1v) is 8.27. The lowest BCUT2D eigenvalue weighted by molar-refractivity contribution is -0.122. The van der Waals surface area contributed by atoms with Gasteiger partial charge in [0.25, 0.3) is 0 Å². The third kappa shape index (κ3) is 3.75. The van der Waals surface area contributed by atoms with Crippen molar-refractivity contribution in [3.63, 3.8) is 0 Å². The predicted molar refractivity (Wildman–Crippen MR) is 94.7 cm³/mol. The summed E-state index contributed by atoms with van der Waals surface area (Å²) < 4.78 is 15.3. The molecule has 2 N–H and O–H groups in total. The summed E-state index contributed by atoms with van der Waals surface area (Å²) in [5, 5.41) is 9.47. The lowest BCUT2D eigenvalue weighted by Crippen LogP contribution is -2.21. The van der Waals surface area contributed by atoms with E-state index < -0.39 is 11.8 Å². The minimum Gasteiger partial charge on any atom is -0.495 e. The van der Waals surface area contributed by atoms with Gasteiger partial charge in [-0.25, -0.2) is 0 Å². The van der Waals surface area contributed by atoms with Gasteiger partial charge in [-0.05, 0) is 13.3 Å². The second-order valence-electron chi connectivity index (χ2n) is 5.94. The zero-order chi connectivity index (χ0) is 18.8. The van der Waals surface area contributed by atoms with Crippen LogP contribution in [0.3, 0.4) is 0 Å². The highest BCUT2D eigenvalue weighted by atomic mass is 35.5. The number of methoxy groups -OCH3 is 2. The molecule has 1 heterocycles. The van der Waals surface area contributed by atoms with Crippen molar-refractivity contribution < 1.29 is 23.6 Å². The number of carbonyl (C=O) groups is 2. The van der Waals surface area contributed by atoms with Crippen LogP contribution in [-0.2, 0) is 9.59 Å². The van der Waals surface area contributed by atoms with Crippen molar-refractivity contribution in [1.29, 1.82) is 0 Å². The molecule has 0 aliphatic heterocycles. The zero-order valence-electron chi connectivity index (χ0n) is 14.5. The third-order valence-electron chi connectivity index (χ3n) is 4.08. The molecule has 2 amide bonds. The van der Waals surface area contributed by atoms with Crippen molar-refractivity contribution in [2.75, 3.05) is 24.9 Å². The van der Waals surface area contributed by atoms with Crippen LogP contribution in [0.2, 0.25) is 5.02 Å². The average Bonchev–Trinajstić information content (AvgIpc) is 3.33. The maximum atomic E-state index is 12.4. The van der Waals surface area contributed by atoms with Crippen LogP contribution in [0.1, 0.15) is 12.2 Å². The lowest BCUT2D eigenvalue weighted by Gasteiger charge is -2.13. The van der Waals surface area contributed by atoms with Gasteiger partial charge in [0.05, 0.1) is 36.8 Å². The SMILES string of the molecule is COc1cc(NC(=O)C2CC2C(=O)Nc2cc(C)on2)c(OC)cc1Cl. The molecule has 1 aromatic carbocycles. The van der Waals surface area contributed by atoms with Crippen LogP contribution in [0, 0.1) is 18.8 Å². The van der Waals surface area contributed by atoms with E-state index in [2.05, 4.69) is 15.8 Å². The number of nitrogens with one attached hydrogen (secondary N) is 2. The Morgan fingerprint density at radius 3 is 2.35 bits per heavy atom. The number of benzene rings is 1. The molecule has 0 radical (unpaired) electrons. The van der Waals surface area contributed by atoms with Crippen LogP contribution in [0.15, 0.2) is 22.7 Å². The summed E-state index contributed by atoms with van der Waals surface area (Å²) in [5.41, 5.74) is 0.428. The summed E-state index contributed by atoms with van der Waals surface area (Å²) >= 11 is 6.05. The summed E-state index contributed by atoms with van der Waals surface area (Å²) in [6.45, 7) is 1.73. The quantitative estimate of drug-likeness (QED) is 0.800. The highest BCUT2D eigenvalue weighted by Crippen LogP contribution is 2.42. The van der Waals surface area contributed by atoms with Gasteiger partial charge in [-0.1, -0.05) is 16.8 Å². The Bertz CT molecular complexity index is 851. The fraction of sp³-hybridized carbons (Fsp3) is 0.353. The number of hydrogen-bond acceptors (Lipinski definition) is 6. The highest BCUT2D eigenvalue weighted by Gasteiger charge is 2.48. The van der Waals surface area contributed by atoms with Crippen molar-refractivity contribution in [2.45, 2.75) is 13.3 Å². The van der Waals surface area contributed by atoms with E-state index in [-0.39, 0.29) is 11.8 Å². The van der Waals surface area contributed by atoms with Gasteiger partial charge in [0.1, 0.15) is 17.3 Å². The van der Waals surface area contributed by atoms with Gasteiger partial charge in [-0.2, -0.15) is 0 Å². The van der Waals surface area contributed by atoms with Crippen molar-refractivity contribution >= 4 is 34.9 Å². The molecule has 26 heavy (non-hydrogen) atoms. The van der Waals surface area contributed by atoms with Gasteiger partial charge in [-0.15, -0.1) is 0 Å². The first kappa shape index (κ1) is 18.1. The van der Waals surface area contributed by atoms with E-state index >= 15 is 0 Å². The molecule has 138 valence electrons. The van der Waals surface area contributed by atoms with Gasteiger partial charge < -0.3 is 24.6 Å². The molecule has 0 spiro atoms. The number of hydrogen-bond donors (Lipinski definition) is 2. The Morgan fingerprint density at radius 2 is 1.77 bits per heavy atom. The van der Waals surface area contributed by atoms with Crippen LogP contribution >= 0.6 is 11.6 Å². The van der Waals surface area contributed by atoms with Crippen molar-refractivity contribution in [1.82, 2.24) is 5.16 Å².